The molecule has 1 heterocycles. The van der Waals surface area contributed by atoms with Gasteiger partial charge in [-0.3, -0.25) is 14.9 Å². The summed E-state index contributed by atoms with van der Waals surface area (Å²) in [5.74, 6) is 0.00442. The molecule has 0 radical (unpaired) electrons. The molecule has 0 unspecified atom stereocenters. The number of carbonyl (C=O) groups is 1. The molecular formula is C21H19ClN4O3S. The van der Waals surface area contributed by atoms with E-state index in [1.165, 1.54) is 23.9 Å². The fourth-order valence-corrected chi connectivity index (χ4v) is 3.76. The topological polar surface area (TPSA) is 89.5 Å². The Labute approximate surface area is 182 Å². The first kappa shape index (κ1) is 21.6. The largest absolute Gasteiger partial charge is 0.318 e. The molecule has 154 valence electrons. The van der Waals surface area contributed by atoms with Gasteiger partial charge in [0.2, 0.25) is 5.91 Å². The van der Waals surface area contributed by atoms with Gasteiger partial charge < -0.3 is 4.57 Å². The number of nitrogens with zero attached hydrogens (tertiary/aromatic N) is 3. The van der Waals surface area contributed by atoms with E-state index in [0.29, 0.717) is 10.7 Å². The number of rotatable bonds is 7. The zero-order valence-electron chi connectivity index (χ0n) is 16.3. The van der Waals surface area contributed by atoms with E-state index >= 15 is 0 Å². The molecule has 2 aromatic carbocycles. The average molecular weight is 443 g/mol. The Morgan fingerprint density at radius 1 is 1.23 bits per heavy atom. The van der Waals surface area contributed by atoms with E-state index in [-0.39, 0.29) is 17.3 Å². The Morgan fingerprint density at radius 3 is 2.67 bits per heavy atom. The molecule has 30 heavy (non-hydrogen) atoms. The van der Waals surface area contributed by atoms with Crippen molar-refractivity contribution < 1.29 is 9.72 Å². The lowest BCUT2D eigenvalue weighted by Crippen LogP contribution is -2.19. The molecule has 1 N–H and O–H groups in total. The van der Waals surface area contributed by atoms with Gasteiger partial charge >= 0.3 is 0 Å². The molecule has 0 aliphatic carbocycles. The molecule has 1 amide bonds. The zero-order chi connectivity index (χ0) is 21.7. The summed E-state index contributed by atoms with van der Waals surface area (Å²) in [5, 5.41) is 15.7. The summed E-state index contributed by atoms with van der Waals surface area (Å²) in [6, 6.07) is 15.6. The molecule has 1 aromatic heterocycles. The van der Waals surface area contributed by atoms with Crippen molar-refractivity contribution in [2.75, 3.05) is 5.75 Å². The monoisotopic (exact) mass is 442 g/mol. The van der Waals surface area contributed by atoms with E-state index in [1.54, 1.807) is 24.4 Å². The molecule has 0 bridgehead atoms. The first-order chi connectivity index (χ1) is 14.3. The fraction of sp³-hybridized carbons (Fsp3) is 0.143. The van der Waals surface area contributed by atoms with Crippen LogP contribution in [-0.2, 0) is 4.79 Å². The Balaban J connectivity index is 1.65. The van der Waals surface area contributed by atoms with Gasteiger partial charge in [-0.15, -0.1) is 11.8 Å². The third-order valence-corrected chi connectivity index (χ3v) is 5.61. The number of benzene rings is 2. The fourth-order valence-electron chi connectivity index (χ4n) is 2.95. The summed E-state index contributed by atoms with van der Waals surface area (Å²) in [4.78, 5) is 23.6. The molecular weight excluding hydrogens is 424 g/mol. The van der Waals surface area contributed by atoms with Crippen LogP contribution in [0.25, 0.3) is 5.69 Å². The molecule has 7 nitrogen and oxygen atoms in total. The number of carbonyl (C=O) groups excluding carboxylic acids is 1. The molecule has 0 atom stereocenters. The number of nitro benzene ring substituents is 1. The van der Waals surface area contributed by atoms with Crippen LogP contribution in [0.5, 0.6) is 0 Å². The Hall–Kier alpha value is -3.10. The lowest BCUT2D eigenvalue weighted by molar-refractivity contribution is -0.384. The van der Waals surface area contributed by atoms with Crippen LogP contribution in [0.4, 0.5) is 5.69 Å². The number of aryl methyl sites for hydroxylation is 1. The van der Waals surface area contributed by atoms with Crippen LogP contribution in [0.1, 0.15) is 17.0 Å². The number of hydrazone groups is 1. The maximum atomic E-state index is 12.0. The quantitative estimate of drug-likeness (QED) is 0.244. The highest BCUT2D eigenvalue weighted by atomic mass is 35.5. The van der Waals surface area contributed by atoms with Crippen molar-refractivity contribution in [1.29, 1.82) is 0 Å². The standard InChI is InChI=1S/C21H19ClN4O3S/c1-14-10-16(15(2)25(14)18-4-3-5-19(11-18)26(28)29)12-23-24-21(27)13-30-20-8-6-17(22)7-9-20/h3-12H,13H2,1-2H3,(H,24,27)/b23-12-. The average Bonchev–Trinajstić information content (AvgIpc) is 3.01. The second kappa shape index (κ2) is 9.60. The number of hydrogen-bond donors (Lipinski definition) is 1. The highest BCUT2D eigenvalue weighted by Crippen LogP contribution is 2.23. The summed E-state index contributed by atoms with van der Waals surface area (Å²) in [6.45, 7) is 3.80. The molecule has 0 spiro atoms. The van der Waals surface area contributed by atoms with Gasteiger partial charge in [-0.05, 0) is 50.2 Å². The van der Waals surface area contributed by atoms with Crippen LogP contribution < -0.4 is 5.43 Å². The van der Waals surface area contributed by atoms with Crippen molar-refractivity contribution in [3.8, 4) is 5.69 Å². The number of hydrogen-bond acceptors (Lipinski definition) is 5. The number of halogens is 1. The highest BCUT2D eigenvalue weighted by Gasteiger charge is 2.13. The summed E-state index contributed by atoms with van der Waals surface area (Å²) < 4.78 is 1.91. The van der Waals surface area contributed by atoms with Crippen LogP contribution >= 0.6 is 23.4 Å². The van der Waals surface area contributed by atoms with Crippen molar-refractivity contribution in [3.05, 3.63) is 86.7 Å². The maximum absolute atomic E-state index is 12.0. The highest BCUT2D eigenvalue weighted by molar-refractivity contribution is 8.00. The summed E-state index contributed by atoms with van der Waals surface area (Å²) in [5.41, 5.74) is 5.82. The van der Waals surface area contributed by atoms with Gasteiger partial charge in [0, 0.05) is 39.0 Å². The second-order valence-electron chi connectivity index (χ2n) is 6.47. The van der Waals surface area contributed by atoms with Crippen LogP contribution in [0.2, 0.25) is 5.02 Å². The molecule has 0 saturated carbocycles. The number of aromatic nitrogens is 1. The van der Waals surface area contributed by atoms with Gasteiger partial charge in [0.25, 0.3) is 5.69 Å². The molecule has 0 aliphatic rings. The first-order valence-electron chi connectivity index (χ1n) is 8.99. The van der Waals surface area contributed by atoms with E-state index in [2.05, 4.69) is 10.5 Å². The van der Waals surface area contributed by atoms with Crippen LogP contribution in [-0.4, -0.2) is 27.4 Å². The Morgan fingerprint density at radius 2 is 1.97 bits per heavy atom. The molecule has 9 heteroatoms. The van der Waals surface area contributed by atoms with Crippen molar-refractivity contribution in [2.24, 2.45) is 5.10 Å². The Kier molecular flexibility index (Phi) is 6.91. The SMILES string of the molecule is Cc1cc(/C=N\NC(=O)CSc2ccc(Cl)cc2)c(C)n1-c1cccc([N+](=O)[O-])c1. The molecule has 0 fully saturated rings. The summed E-state index contributed by atoms with van der Waals surface area (Å²) in [6.07, 6.45) is 1.57. The predicted octanol–water partition coefficient (Wildman–Crippen LogP) is 4.90. The number of nitrogens with one attached hydrogen (secondary N) is 1. The molecule has 0 saturated heterocycles. The molecule has 0 aliphatic heterocycles. The third-order valence-electron chi connectivity index (χ3n) is 4.35. The van der Waals surface area contributed by atoms with Crippen molar-refractivity contribution in [2.45, 2.75) is 18.7 Å². The van der Waals surface area contributed by atoms with Crippen LogP contribution in [0.3, 0.4) is 0 Å². The third kappa shape index (κ3) is 5.28. The number of amides is 1. The van der Waals surface area contributed by atoms with E-state index < -0.39 is 4.92 Å². The van der Waals surface area contributed by atoms with Crippen molar-refractivity contribution >= 4 is 41.2 Å². The maximum Gasteiger partial charge on any atom is 0.271 e. The van der Waals surface area contributed by atoms with E-state index in [1.807, 2.05) is 42.7 Å². The lowest BCUT2D eigenvalue weighted by Gasteiger charge is -2.09. The minimum atomic E-state index is -0.419. The predicted molar refractivity (Wildman–Crippen MR) is 120 cm³/mol. The lowest BCUT2D eigenvalue weighted by atomic mass is 10.2. The smallest absolute Gasteiger partial charge is 0.271 e. The number of non-ortho nitro benzene ring substituents is 1. The van der Waals surface area contributed by atoms with E-state index in [9.17, 15) is 14.9 Å². The van der Waals surface area contributed by atoms with Gasteiger partial charge in [0.15, 0.2) is 0 Å². The Bertz CT molecular complexity index is 1110. The number of nitro groups is 1. The second-order valence-corrected chi connectivity index (χ2v) is 7.96. The van der Waals surface area contributed by atoms with Gasteiger partial charge in [0.05, 0.1) is 22.6 Å². The van der Waals surface area contributed by atoms with Gasteiger partial charge in [-0.1, -0.05) is 17.7 Å². The van der Waals surface area contributed by atoms with E-state index in [0.717, 1.165) is 21.8 Å². The van der Waals surface area contributed by atoms with Crippen molar-refractivity contribution in [3.63, 3.8) is 0 Å². The minimum absolute atomic E-state index is 0.0284. The van der Waals surface area contributed by atoms with Gasteiger partial charge in [-0.25, -0.2) is 5.43 Å². The number of thioether (sulfide) groups is 1. The zero-order valence-corrected chi connectivity index (χ0v) is 17.9. The summed E-state index contributed by atoms with van der Waals surface area (Å²) in [7, 11) is 0. The van der Waals surface area contributed by atoms with Crippen molar-refractivity contribution in [1.82, 2.24) is 9.99 Å². The van der Waals surface area contributed by atoms with Gasteiger partial charge in [0.1, 0.15) is 0 Å². The van der Waals surface area contributed by atoms with Crippen LogP contribution in [0.15, 0.2) is 64.6 Å². The minimum Gasteiger partial charge on any atom is -0.318 e. The molecule has 3 aromatic rings. The molecule has 3 rings (SSSR count). The normalized spacial score (nSPS) is 11.0. The first-order valence-corrected chi connectivity index (χ1v) is 10.4. The summed E-state index contributed by atoms with van der Waals surface area (Å²) >= 11 is 7.24. The van der Waals surface area contributed by atoms with E-state index in [4.69, 9.17) is 11.6 Å². The van der Waals surface area contributed by atoms with Crippen LogP contribution in [0, 0.1) is 24.0 Å². The van der Waals surface area contributed by atoms with Gasteiger partial charge in [-0.2, -0.15) is 5.10 Å².